The topological polar surface area (TPSA) is 88.2 Å². The van der Waals surface area contributed by atoms with Gasteiger partial charge < -0.3 is 10.6 Å². The van der Waals surface area contributed by atoms with Gasteiger partial charge >= 0.3 is 0 Å². The van der Waals surface area contributed by atoms with E-state index in [1.807, 2.05) is 6.07 Å². The largest absolute Gasteiger partial charge is 0.322 e. The summed E-state index contributed by atoms with van der Waals surface area (Å²) in [5.41, 5.74) is 1.63. The van der Waals surface area contributed by atoms with Gasteiger partial charge in [0.05, 0.1) is 0 Å². The van der Waals surface area contributed by atoms with E-state index >= 15 is 0 Å². The van der Waals surface area contributed by atoms with Crippen LogP contribution in [-0.2, 0) is 9.59 Å². The van der Waals surface area contributed by atoms with Crippen molar-refractivity contribution in [2.24, 2.45) is 0 Å². The van der Waals surface area contributed by atoms with Crippen molar-refractivity contribution in [2.75, 3.05) is 10.6 Å². The monoisotopic (exact) mass is 419 g/mol. The summed E-state index contributed by atoms with van der Waals surface area (Å²) < 4.78 is 0. The van der Waals surface area contributed by atoms with Crippen molar-refractivity contribution >= 4 is 46.6 Å². The Balaban J connectivity index is 1.93. The van der Waals surface area contributed by atoms with Crippen molar-refractivity contribution < 1.29 is 14.4 Å². The van der Waals surface area contributed by atoms with Crippen LogP contribution >= 0.6 is 11.6 Å². The molecule has 30 heavy (non-hydrogen) atoms. The first-order valence-corrected chi connectivity index (χ1v) is 9.43. The molecule has 0 saturated heterocycles. The summed E-state index contributed by atoms with van der Waals surface area (Å²) in [4.78, 5) is 41.4. The van der Waals surface area contributed by atoms with Crippen LogP contribution in [0.25, 0.3) is 6.08 Å². The fourth-order valence-electron chi connectivity index (χ4n) is 2.63. The average molecular weight is 420 g/mol. The fraction of sp³-hybridized carbons (Fsp3) is 0.0435. The molecule has 0 aliphatic carbocycles. The Morgan fingerprint density at radius 3 is 2.20 bits per heavy atom. The number of anilines is 2. The average Bonchev–Trinajstić information content (AvgIpc) is 2.74. The third-order valence-corrected chi connectivity index (χ3v) is 4.45. The molecule has 150 valence electrons. The highest BCUT2D eigenvalue weighted by atomic mass is 35.5. The van der Waals surface area contributed by atoms with Gasteiger partial charge in [0, 0.05) is 28.7 Å². The molecule has 0 bridgehead atoms. The number of para-hydroxylation sites is 1. The second-order valence-corrected chi connectivity index (χ2v) is 6.71. The highest BCUT2D eigenvalue weighted by molar-refractivity contribution is 6.32. The van der Waals surface area contributed by atoms with Gasteiger partial charge in [-0.05, 0) is 43.3 Å². The SMILES string of the molecule is CC(=O)c1cccc(NC(=O)/C(=C/c2cccnc2Cl)C(=O)Nc2ccccc2)c1. The molecule has 1 heterocycles. The van der Waals surface area contributed by atoms with Crippen LogP contribution in [0.2, 0.25) is 5.15 Å². The smallest absolute Gasteiger partial charge is 0.261 e. The first-order valence-electron chi connectivity index (χ1n) is 9.05. The zero-order chi connectivity index (χ0) is 21.5. The van der Waals surface area contributed by atoms with E-state index < -0.39 is 11.8 Å². The Labute approximate surface area is 178 Å². The van der Waals surface area contributed by atoms with Gasteiger partial charge in [0.1, 0.15) is 10.7 Å². The van der Waals surface area contributed by atoms with Gasteiger partial charge in [0.15, 0.2) is 5.78 Å². The lowest BCUT2D eigenvalue weighted by atomic mass is 10.1. The normalized spacial score (nSPS) is 10.9. The molecule has 6 nitrogen and oxygen atoms in total. The lowest BCUT2D eigenvalue weighted by Crippen LogP contribution is -2.25. The van der Waals surface area contributed by atoms with Crippen molar-refractivity contribution in [1.29, 1.82) is 0 Å². The van der Waals surface area contributed by atoms with Crippen LogP contribution in [0.5, 0.6) is 0 Å². The molecule has 3 aromatic rings. The molecule has 2 N–H and O–H groups in total. The van der Waals surface area contributed by atoms with Gasteiger partial charge in [-0.3, -0.25) is 14.4 Å². The summed E-state index contributed by atoms with van der Waals surface area (Å²) in [6.45, 7) is 1.43. The fourth-order valence-corrected chi connectivity index (χ4v) is 2.80. The summed E-state index contributed by atoms with van der Waals surface area (Å²) in [5, 5.41) is 5.51. The second-order valence-electron chi connectivity index (χ2n) is 6.35. The minimum Gasteiger partial charge on any atom is -0.322 e. The number of amides is 2. The van der Waals surface area contributed by atoms with Crippen molar-refractivity contribution in [3.63, 3.8) is 0 Å². The maximum absolute atomic E-state index is 13.0. The molecule has 2 amide bonds. The molecule has 0 saturated carbocycles. The maximum Gasteiger partial charge on any atom is 0.261 e. The Hall–Kier alpha value is -3.77. The Kier molecular flexibility index (Phi) is 6.72. The number of carbonyl (C=O) groups excluding carboxylic acids is 3. The molecule has 1 aromatic heterocycles. The number of hydrogen-bond acceptors (Lipinski definition) is 4. The Morgan fingerprint density at radius 2 is 1.53 bits per heavy atom. The third-order valence-electron chi connectivity index (χ3n) is 4.14. The first-order chi connectivity index (χ1) is 14.4. The molecule has 0 atom stereocenters. The van der Waals surface area contributed by atoms with Crippen molar-refractivity contribution in [3.8, 4) is 0 Å². The molecular weight excluding hydrogens is 402 g/mol. The molecule has 0 fully saturated rings. The zero-order valence-electron chi connectivity index (χ0n) is 16.1. The highest BCUT2D eigenvalue weighted by Crippen LogP contribution is 2.19. The molecular formula is C23H18ClN3O3. The predicted octanol–water partition coefficient (Wildman–Crippen LogP) is 4.60. The van der Waals surface area contributed by atoms with E-state index in [0.29, 0.717) is 22.5 Å². The predicted molar refractivity (Wildman–Crippen MR) is 117 cm³/mol. The summed E-state index contributed by atoms with van der Waals surface area (Å²) in [6.07, 6.45) is 2.88. The number of halogens is 1. The number of carbonyl (C=O) groups is 3. The first kappa shape index (κ1) is 21.0. The number of benzene rings is 2. The number of hydrogen-bond donors (Lipinski definition) is 2. The molecule has 0 radical (unpaired) electrons. The van der Waals surface area contributed by atoms with Gasteiger partial charge in [-0.2, -0.15) is 0 Å². The van der Waals surface area contributed by atoms with Gasteiger partial charge in [0.2, 0.25) is 0 Å². The lowest BCUT2D eigenvalue weighted by Gasteiger charge is -2.11. The van der Waals surface area contributed by atoms with Crippen molar-refractivity contribution in [1.82, 2.24) is 4.98 Å². The minimum absolute atomic E-state index is 0.133. The molecule has 0 spiro atoms. The van der Waals surface area contributed by atoms with Crippen LogP contribution in [0.4, 0.5) is 11.4 Å². The quantitative estimate of drug-likeness (QED) is 0.201. The summed E-state index contributed by atoms with van der Waals surface area (Å²) in [5.74, 6) is -1.39. The van der Waals surface area contributed by atoms with Gasteiger partial charge in [-0.1, -0.05) is 48.0 Å². The Bertz CT molecular complexity index is 1130. The summed E-state index contributed by atoms with van der Waals surface area (Å²) >= 11 is 6.10. The van der Waals surface area contributed by atoms with Crippen LogP contribution in [0.3, 0.4) is 0 Å². The van der Waals surface area contributed by atoms with E-state index in [1.165, 1.54) is 19.2 Å². The number of aromatic nitrogens is 1. The lowest BCUT2D eigenvalue weighted by molar-refractivity contribution is -0.118. The number of nitrogens with zero attached hydrogens (tertiary/aromatic N) is 1. The van der Waals surface area contributed by atoms with Crippen LogP contribution in [0.15, 0.2) is 78.5 Å². The molecule has 0 aliphatic rings. The Morgan fingerprint density at radius 1 is 0.867 bits per heavy atom. The van der Waals surface area contributed by atoms with E-state index in [2.05, 4.69) is 15.6 Å². The third kappa shape index (κ3) is 5.40. The zero-order valence-corrected chi connectivity index (χ0v) is 16.8. The maximum atomic E-state index is 13.0. The number of pyridine rings is 1. The second kappa shape index (κ2) is 9.62. The van der Waals surface area contributed by atoms with E-state index in [9.17, 15) is 14.4 Å². The van der Waals surface area contributed by atoms with Gasteiger partial charge in [-0.15, -0.1) is 0 Å². The highest BCUT2D eigenvalue weighted by Gasteiger charge is 2.20. The number of nitrogens with one attached hydrogen (secondary N) is 2. The molecule has 2 aromatic carbocycles. The number of Topliss-reactive ketones (excluding diaryl/α,β-unsaturated/α-hetero) is 1. The van der Waals surface area contributed by atoms with E-state index in [1.54, 1.807) is 60.7 Å². The van der Waals surface area contributed by atoms with E-state index in [4.69, 9.17) is 11.6 Å². The van der Waals surface area contributed by atoms with Gasteiger partial charge in [0.25, 0.3) is 11.8 Å². The van der Waals surface area contributed by atoms with Crippen LogP contribution in [0.1, 0.15) is 22.8 Å². The van der Waals surface area contributed by atoms with Gasteiger partial charge in [-0.25, -0.2) is 4.98 Å². The minimum atomic E-state index is -0.649. The van der Waals surface area contributed by atoms with E-state index in [0.717, 1.165) is 0 Å². The summed E-state index contributed by atoms with van der Waals surface area (Å²) in [6, 6.07) is 18.5. The van der Waals surface area contributed by atoms with Crippen LogP contribution < -0.4 is 10.6 Å². The molecule has 7 heteroatoms. The van der Waals surface area contributed by atoms with Crippen LogP contribution in [-0.4, -0.2) is 22.6 Å². The number of ketones is 1. The molecule has 0 unspecified atom stereocenters. The van der Waals surface area contributed by atoms with Crippen molar-refractivity contribution in [3.05, 3.63) is 94.8 Å². The van der Waals surface area contributed by atoms with Crippen LogP contribution in [0, 0.1) is 0 Å². The molecule has 3 rings (SSSR count). The van der Waals surface area contributed by atoms with E-state index in [-0.39, 0.29) is 16.5 Å². The molecule has 0 aliphatic heterocycles. The standard InChI is InChI=1S/C23H18ClN3O3/c1-15(28)16-7-5-11-19(13-16)27-23(30)20(14-17-8-6-12-25-21(17)24)22(29)26-18-9-3-2-4-10-18/h2-14H,1H3,(H,26,29)(H,27,30)/b20-14+. The summed E-state index contributed by atoms with van der Waals surface area (Å²) in [7, 11) is 0. The number of rotatable bonds is 6. The van der Waals surface area contributed by atoms with Crippen molar-refractivity contribution in [2.45, 2.75) is 6.92 Å².